The van der Waals surface area contributed by atoms with Crippen LogP contribution in [0.1, 0.15) is 24.1 Å². The molecule has 0 aliphatic carbocycles. The van der Waals surface area contributed by atoms with Gasteiger partial charge in [-0.3, -0.25) is 14.5 Å². The van der Waals surface area contributed by atoms with Gasteiger partial charge in [0.25, 0.3) is 11.7 Å². The van der Waals surface area contributed by atoms with Gasteiger partial charge in [0.15, 0.2) is 11.5 Å². The van der Waals surface area contributed by atoms with E-state index in [1.807, 2.05) is 6.92 Å². The number of anilines is 1. The Kier molecular flexibility index (Phi) is 8.04. The number of carbonyl (C=O) groups is 2. The molecular formula is C28H25Cl2NO7. The monoisotopic (exact) mass is 557 g/mol. The predicted molar refractivity (Wildman–Crippen MR) is 145 cm³/mol. The minimum absolute atomic E-state index is 0.131. The van der Waals surface area contributed by atoms with Crippen molar-refractivity contribution in [2.45, 2.75) is 13.0 Å². The maximum absolute atomic E-state index is 13.5. The van der Waals surface area contributed by atoms with Crippen molar-refractivity contribution in [1.82, 2.24) is 0 Å². The van der Waals surface area contributed by atoms with Crippen LogP contribution in [0.25, 0.3) is 5.76 Å². The standard InChI is InChI=1S/C28H25Cl2NO7/c1-5-38-23-12-15(6-11-20(23)35-2)25-24(26(32)18-13-22(37-4)19(30)14-21(18)36-3)27(33)28(34)31(25)17-9-7-16(29)8-10-17/h6-14,25,32H,5H2,1-4H3/b26-24+. The molecule has 10 heteroatoms. The number of benzene rings is 3. The summed E-state index contributed by atoms with van der Waals surface area (Å²) in [6, 6.07) is 13.4. The fraction of sp³-hybridized carbons (Fsp3) is 0.214. The Morgan fingerprint density at radius 3 is 2.13 bits per heavy atom. The molecule has 3 aromatic rings. The molecule has 0 bridgehead atoms. The normalized spacial score (nSPS) is 16.5. The number of aliphatic hydroxyl groups excluding tert-OH is 1. The van der Waals surface area contributed by atoms with Crippen LogP contribution >= 0.6 is 23.2 Å². The summed E-state index contributed by atoms with van der Waals surface area (Å²) in [7, 11) is 4.33. The van der Waals surface area contributed by atoms with E-state index in [9.17, 15) is 14.7 Å². The number of rotatable bonds is 8. The second kappa shape index (κ2) is 11.2. The van der Waals surface area contributed by atoms with E-state index < -0.39 is 23.5 Å². The molecule has 1 unspecified atom stereocenters. The number of ether oxygens (including phenoxy) is 4. The fourth-order valence-electron chi connectivity index (χ4n) is 4.34. The van der Waals surface area contributed by atoms with Crippen LogP contribution in [0.3, 0.4) is 0 Å². The molecule has 1 aliphatic heterocycles. The summed E-state index contributed by atoms with van der Waals surface area (Å²) in [6.07, 6.45) is 0. The van der Waals surface area contributed by atoms with E-state index in [0.29, 0.717) is 34.4 Å². The van der Waals surface area contributed by atoms with E-state index in [0.717, 1.165) is 0 Å². The van der Waals surface area contributed by atoms with Crippen LogP contribution in [0, 0.1) is 0 Å². The first-order chi connectivity index (χ1) is 18.2. The predicted octanol–water partition coefficient (Wildman–Crippen LogP) is 6.04. The van der Waals surface area contributed by atoms with Crippen LogP contribution in [0.2, 0.25) is 10.0 Å². The number of nitrogens with zero attached hydrogens (tertiary/aromatic N) is 1. The highest BCUT2D eigenvalue weighted by Gasteiger charge is 2.47. The number of methoxy groups -OCH3 is 3. The van der Waals surface area contributed by atoms with Gasteiger partial charge in [-0.2, -0.15) is 0 Å². The third kappa shape index (κ3) is 4.85. The van der Waals surface area contributed by atoms with Crippen molar-refractivity contribution in [3.63, 3.8) is 0 Å². The quantitative estimate of drug-likeness (QED) is 0.205. The number of halogens is 2. The molecule has 0 radical (unpaired) electrons. The molecule has 1 amide bonds. The summed E-state index contributed by atoms with van der Waals surface area (Å²) in [4.78, 5) is 28.3. The molecule has 1 aliphatic rings. The van der Waals surface area contributed by atoms with E-state index in [-0.39, 0.29) is 27.7 Å². The van der Waals surface area contributed by atoms with Crippen LogP contribution in [-0.4, -0.2) is 44.7 Å². The summed E-state index contributed by atoms with van der Waals surface area (Å²) in [5.74, 6) is -0.830. The van der Waals surface area contributed by atoms with Crippen LogP contribution in [0.5, 0.6) is 23.0 Å². The lowest BCUT2D eigenvalue weighted by Gasteiger charge is -2.26. The van der Waals surface area contributed by atoms with E-state index in [2.05, 4.69) is 0 Å². The molecule has 1 atom stereocenters. The van der Waals surface area contributed by atoms with Gasteiger partial charge in [-0.25, -0.2) is 0 Å². The molecule has 8 nitrogen and oxygen atoms in total. The van der Waals surface area contributed by atoms with Crippen molar-refractivity contribution < 1.29 is 33.6 Å². The molecule has 4 rings (SSSR count). The van der Waals surface area contributed by atoms with Gasteiger partial charge < -0.3 is 24.1 Å². The number of aliphatic hydroxyl groups is 1. The smallest absolute Gasteiger partial charge is 0.300 e. The number of amides is 1. The average molecular weight is 558 g/mol. The van der Waals surface area contributed by atoms with Gasteiger partial charge in [-0.05, 0) is 55.0 Å². The SMILES string of the molecule is CCOc1cc(C2/C(=C(\O)c3cc(OC)c(Cl)cc3OC)C(=O)C(=O)N2c2ccc(Cl)cc2)ccc1OC. The Morgan fingerprint density at radius 1 is 0.868 bits per heavy atom. The van der Waals surface area contributed by atoms with Crippen molar-refractivity contribution in [3.8, 4) is 23.0 Å². The maximum Gasteiger partial charge on any atom is 0.300 e. The average Bonchev–Trinajstić information content (AvgIpc) is 3.18. The zero-order chi connectivity index (χ0) is 27.6. The fourth-order valence-corrected chi connectivity index (χ4v) is 4.69. The van der Waals surface area contributed by atoms with Gasteiger partial charge in [-0.15, -0.1) is 0 Å². The highest BCUT2D eigenvalue weighted by atomic mass is 35.5. The number of Topliss-reactive ketones (excluding diaryl/α,β-unsaturated/α-hetero) is 1. The van der Waals surface area contributed by atoms with Crippen molar-refractivity contribution >= 4 is 46.3 Å². The topological polar surface area (TPSA) is 94.5 Å². The van der Waals surface area contributed by atoms with Crippen molar-refractivity contribution in [2.24, 2.45) is 0 Å². The summed E-state index contributed by atoms with van der Waals surface area (Å²) >= 11 is 12.3. The molecule has 1 fully saturated rings. The Morgan fingerprint density at radius 2 is 1.53 bits per heavy atom. The van der Waals surface area contributed by atoms with Crippen LogP contribution < -0.4 is 23.8 Å². The molecule has 0 spiro atoms. The molecule has 1 heterocycles. The van der Waals surface area contributed by atoms with E-state index in [1.165, 1.54) is 38.4 Å². The van der Waals surface area contributed by atoms with Gasteiger partial charge in [0.05, 0.1) is 50.1 Å². The van der Waals surface area contributed by atoms with Crippen molar-refractivity contribution in [2.75, 3.05) is 32.8 Å². The van der Waals surface area contributed by atoms with Gasteiger partial charge in [-0.1, -0.05) is 29.3 Å². The number of hydrogen-bond acceptors (Lipinski definition) is 7. The minimum atomic E-state index is -1.02. The van der Waals surface area contributed by atoms with Gasteiger partial charge in [0.2, 0.25) is 0 Å². The van der Waals surface area contributed by atoms with Crippen LogP contribution in [-0.2, 0) is 9.59 Å². The highest BCUT2D eigenvalue weighted by molar-refractivity contribution is 6.51. The highest BCUT2D eigenvalue weighted by Crippen LogP contribution is 2.46. The largest absolute Gasteiger partial charge is 0.507 e. The van der Waals surface area contributed by atoms with Crippen molar-refractivity contribution in [3.05, 3.63) is 81.3 Å². The Balaban J connectivity index is 2.01. The Labute approximate surface area is 229 Å². The molecule has 1 N–H and O–H groups in total. The van der Waals surface area contributed by atoms with E-state index in [1.54, 1.807) is 42.5 Å². The zero-order valence-corrected chi connectivity index (χ0v) is 22.6. The minimum Gasteiger partial charge on any atom is -0.507 e. The summed E-state index contributed by atoms with van der Waals surface area (Å²) in [5, 5.41) is 12.3. The first kappa shape index (κ1) is 27.2. The second-order valence-corrected chi connectivity index (χ2v) is 9.02. The third-order valence-electron chi connectivity index (χ3n) is 6.08. The molecule has 0 aromatic heterocycles. The summed E-state index contributed by atoms with van der Waals surface area (Å²) in [6.45, 7) is 2.19. The van der Waals surface area contributed by atoms with E-state index >= 15 is 0 Å². The lowest BCUT2D eigenvalue weighted by molar-refractivity contribution is -0.132. The first-order valence-corrected chi connectivity index (χ1v) is 12.3. The number of hydrogen-bond donors (Lipinski definition) is 1. The van der Waals surface area contributed by atoms with Crippen molar-refractivity contribution in [1.29, 1.82) is 0 Å². The van der Waals surface area contributed by atoms with Crippen LogP contribution in [0.4, 0.5) is 5.69 Å². The van der Waals surface area contributed by atoms with Gasteiger partial charge in [0, 0.05) is 16.8 Å². The maximum atomic E-state index is 13.5. The lowest BCUT2D eigenvalue weighted by atomic mass is 9.94. The Bertz CT molecular complexity index is 1420. The zero-order valence-electron chi connectivity index (χ0n) is 21.1. The second-order valence-electron chi connectivity index (χ2n) is 8.18. The third-order valence-corrected chi connectivity index (χ3v) is 6.63. The lowest BCUT2D eigenvalue weighted by Crippen LogP contribution is -2.29. The molecule has 38 heavy (non-hydrogen) atoms. The van der Waals surface area contributed by atoms with E-state index in [4.69, 9.17) is 42.1 Å². The number of ketones is 1. The van der Waals surface area contributed by atoms with Gasteiger partial charge in [0.1, 0.15) is 17.3 Å². The number of carbonyl (C=O) groups excluding carboxylic acids is 2. The Hall–Kier alpha value is -3.88. The summed E-state index contributed by atoms with van der Waals surface area (Å²) < 4.78 is 21.9. The van der Waals surface area contributed by atoms with Crippen LogP contribution in [0.15, 0.2) is 60.2 Å². The summed E-state index contributed by atoms with van der Waals surface area (Å²) in [5.41, 5.74) is 0.895. The first-order valence-electron chi connectivity index (χ1n) is 11.5. The molecule has 1 saturated heterocycles. The molecule has 3 aromatic carbocycles. The van der Waals surface area contributed by atoms with Gasteiger partial charge >= 0.3 is 0 Å². The molecular weight excluding hydrogens is 533 g/mol. The molecule has 198 valence electrons. The molecule has 0 saturated carbocycles.